The molecule has 2 rings (SSSR count). The maximum atomic E-state index is 11.7. The number of nitrogens with one attached hydrogen (secondary N) is 2. The topological polar surface area (TPSA) is 96.5 Å². The number of rotatable bonds is 6. The minimum Gasteiger partial charge on any atom is -0.450 e. The van der Waals surface area contributed by atoms with Crippen molar-refractivity contribution < 1.29 is 14.3 Å². The quantitative estimate of drug-likeness (QED) is 0.765. The lowest BCUT2D eigenvalue weighted by molar-refractivity contribution is 0.0951. The van der Waals surface area contributed by atoms with Gasteiger partial charge in [0.25, 0.3) is 5.91 Å². The van der Waals surface area contributed by atoms with Gasteiger partial charge in [-0.05, 0) is 19.8 Å². The molecule has 1 saturated heterocycles. The van der Waals surface area contributed by atoms with Gasteiger partial charge in [0.05, 0.1) is 19.0 Å². The Labute approximate surface area is 141 Å². The fourth-order valence-corrected chi connectivity index (χ4v) is 2.41. The average molecular weight is 333 g/mol. The Morgan fingerprint density at radius 1 is 1.38 bits per heavy atom. The Balaban J connectivity index is 1.81. The van der Waals surface area contributed by atoms with Crippen molar-refractivity contribution in [3.8, 4) is 0 Å². The summed E-state index contributed by atoms with van der Waals surface area (Å²) < 4.78 is 5.00. The molecule has 0 spiro atoms. The summed E-state index contributed by atoms with van der Waals surface area (Å²) in [4.78, 5) is 33.4. The fourth-order valence-electron chi connectivity index (χ4n) is 2.41. The van der Waals surface area contributed by atoms with Crippen molar-refractivity contribution in [3.05, 3.63) is 30.7 Å². The largest absolute Gasteiger partial charge is 0.450 e. The van der Waals surface area contributed by atoms with Crippen molar-refractivity contribution in [3.63, 3.8) is 0 Å². The van der Waals surface area contributed by atoms with Crippen LogP contribution < -0.4 is 10.6 Å². The summed E-state index contributed by atoms with van der Waals surface area (Å²) in [6, 6.07) is 0.213. The number of anilines is 1. The van der Waals surface area contributed by atoms with E-state index in [1.165, 1.54) is 6.20 Å². The van der Waals surface area contributed by atoms with Crippen molar-refractivity contribution >= 4 is 17.8 Å². The van der Waals surface area contributed by atoms with Crippen LogP contribution in [0.25, 0.3) is 0 Å². The van der Waals surface area contributed by atoms with Gasteiger partial charge in [-0.3, -0.25) is 4.79 Å². The zero-order valence-electron chi connectivity index (χ0n) is 13.8. The number of amides is 2. The van der Waals surface area contributed by atoms with Gasteiger partial charge in [0.2, 0.25) is 0 Å². The van der Waals surface area contributed by atoms with Gasteiger partial charge in [0.1, 0.15) is 11.5 Å². The van der Waals surface area contributed by atoms with Gasteiger partial charge in [-0.15, -0.1) is 6.58 Å². The zero-order chi connectivity index (χ0) is 17.4. The summed E-state index contributed by atoms with van der Waals surface area (Å²) in [6.07, 6.45) is 5.94. The molecule has 2 heterocycles. The van der Waals surface area contributed by atoms with Crippen LogP contribution in [0.1, 0.15) is 30.3 Å². The highest BCUT2D eigenvalue weighted by molar-refractivity contribution is 5.92. The van der Waals surface area contributed by atoms with Crippen molar-refractivity contribution in [2.45, 2.75) is 25.8 Å². The second kappa shape index (κ2) is 8.85. The maximum Gasteiger partial charge on any atom is 0.409 e. The summed E-state index contributed by atoms with van der Waals surface area (Å²) in [6.45, 7) is 7.40. The third-order valence-electron chi connectivity index (χ3n) is 3.66. The van der Waals surface area contributed by atoms with E-state index in [1.54, 1.807) is 24.1 Å². The van der Waals surface area contributed by atoms with Crippen LogP contribution in [0.15, 0.2) is 25.0 Å². The predicted molar refractivity (Wildman–Crippen MR) is 89.8 cm³/mol. The zero-order valence-corrected chi connectivity index (χ0v) is 13.8. The molecule has 8 nitrogen and oxygen atoms in total. The molecular formula is C16H23N5O3. The number of hydrogen-bond acceptors (Lipinski definition) is 6. The molecule has 24 heavy (non-hydrogen) atoms. The van der Waals surface area contributed by atoms with Crippen LogP contribution in [-0.4, -0.2) is 59.2 Å². The number of aromatic nitrogens is 2. The molecule has 1 aromatic rings. The number of carbonyl (C=O) groups is 2. The molecule has 0 unspecified atom stereocenters. The van der Waals surface area contributed by atoms with E-state index in [0.29, 0.717) is 32.1 Å². The summed E-state index contributed by atoms with van der Waals surface area (Å²) in [7, 11) is 0. The molecule has 1 aliphatic rings. The second-order valence-electron chi connectivity index (χ2n) is 5.39. The van der Waals surface area contributed by atoms with Crippen molar-refractivity contribution in [1.82, 2.24) is 20.2 Å². The van der Waals surface area contributed by atoms with Gasteiger partial charge in [-0.1, -0.05) is 6.08 Å². The molecule has 1 aliphatic heterocycles. The highest BCUT2D eigenvalue weighted by Gasteiger charge is 2.23. The molecule has 1 aromatic heterocycles. The van der Waals surface area contributed by atoms with Gasteiger partial charge >= 0.3 is 6.09 Å². The molecule has 0 aliphatic carbocycles. The van der Waals surface area contributed by atoms with Crippen LogP contribution in [0.3, 0.4) is 0 Å². The number of piperidine rings is 1. The highest BCUT2D eigenvalue weighted by atomic mass is 16.6. The third-order valence-corrected chi connectivity index (χ3v) is 3.66. The Kier molecular flexibility index (Phi) is 6.53. The minimum atomic E-state index is -0.281. The van der Waals surface area contributed by atoms with Gasteiger partial charge < -0.3 is 20.3 Å². The molecule has 8 heteroatoms. The van der Waals surface area contributed by atoms with Crippen LogP contribution in [0, 0.1) is 0 Å². The van der Waals surface area contributed by atoms with Crippen molar-refractivity contribution in [2.75, 3.05) is 31.6 Å². The maximum absolute atomic E-state index is 11.7. The van der Waals surface area contributed by atoms with Crippen LogP contribution >= 0.6 is 0 Å². The molecule has 0 aromatic carbocycles. The first-order valence-corrected chi connectivity index (χ1v) is 8.03. The van der Waals surface area contributed by atoms with Crippen molar-refractivity contribution in [2.24, 2.45) is 0 Å². The predicted octanol–water partition coefficient (Wildman–Crippen LogP) is 1.43. The normalized spacial score (nSPS) is 14.8. The van der Waals surface area contributed by atoms with E-state index in [2.05, 4.69) is 27.2 Å². The second-order valence-corrected chi connectivity index (χ2v) is 5.39. The van der Waals surface area contributed by atoms with Crippen LogP contribution in [0.5, 0.6) is 0 Å². The average Bonchev–Trinajstić information content (AvgIpc) is 2.61. The van der Waals surface area contributed by atoms with Gasteiger partial charge in [-0.25, -0.2) is 14.8 Å². The van der Waals surface area contributed by atoms with Crippen LogP contribution in [-0.2, 0) is 4.74 Å². The van der Waals surface area contributed by atoms with E-state index in [4.69, 9.17) is 4.74 Å². The van der Waals surface area contributed by atoms with E-state index in [0.717, 1.165) is 12.8 Å². The number of carbonyl (C=O) groups excluding carboxylic acids is 2. The third kappa shape index (κ3) is 4.94. The Morgan fingerprint density at radius 3 is 2.71 bits per heavy atom. The summed E-state index contributed by atoms with van der Waals surface area (Å²) in [5.41, 5.74) is 0.263. The first-order chi connectivity index (χ1) is 11.6. The molecule has 2 amide bonds. The van der Waals surface area contributed by atoms with Gasteiger partial charge in [0, 0.05) is 25.7 Å². The van der Waals surface area contributed by atoms with Crippen LogP contribution in [0.4, 0.5) is 10.6 Å². The Bertz CT molecular complexity index is 568. The standard InChI is InChI=1S/C16H23N5O3/c1-3-7-17-15(22)13-10-19-14(11-18-13)20-12-5-8-21(9-6-12)16(23)24-4-2/h3,10-12H,1,4-9H2,2H3,(H,17,22)(H,19,20). The molecule has 0 atom stereocenters. The Morgan fingerprint density at radius 2 is 2.12 bits per heavy atom. The molecule has 0 bridgehead atoms. The number of hydrogen-bond donors (Lipinski definition) is 2. The van der Waals surface area contributed by atoms with E-state index in [-0.39, 0.29) is 23.7 Å². The first kappa shape index (κ1) is 17.7. The Hall–Kier alpha value is -2.64. The summed E-state index contributed by atoms with van der Waals surface area (Å²) in [5, 5.41) is 5.93. The number of ether oxygens (including phenoxy) is 1. The lowest BCUT2D eigenvalue weighted by Gasteiger charge is -2.31. The van der Waals surface area contributed by atoms with E-state index in [9.17, 15) is 9.59 Å². The van der Waals surface area contributed by atoms with Gasteiger partial charge in [-0.2, -0.15) is 0 Å². The molecule has 0 saturated carbocycles. The lowest BCUT2D eigenvalue weighted by Crippen LogP contribution is -2.42. The molecular weight excluding hydrogens is 310 g/mol. The molecule has 0 radical (unpaired) electrons. The number of nitrogens with zero attached hydrogens (tertiary/aromatic N) is 3. The van der Waals surface area contributed by atoms with E-state index >= 15 is 0 Å². The fraction of sp³-hybridized carbons (Fsp3) is 0.500. The number of likely N-dealkylation sites (tertiary alicyclic amines) is 1. The van der Waals surface area contributed by atoms with Crippen molar-refractivity contribution in [1.29, 1.82) is 0 Å². The highest BCUT2D eigenvalue weighted by Crippen LogP contribution is 2.15. The van der Waals surface area contributed by atoms with E-state index < -0.39 is 0 Å². The van der Waals surface area contributed by atoms with E-state index in [1.807, 2.05) is 0 Å². The smallest absolute Gasteiger partial charge is 0.409 e. The monoisotopic (exact) mass is 333 g/mol. The minimum absolute atomic E-state index is 0.213. The first-order valence-electron chi connectivity index (χ1n) is 8.03. The SMILES string of the molecule is C=CCNC(=O)c1cnc(NC2CCN(C(=O)OCC)CC2)cn1. The molecule has 130 valence electrons. The lowest BCUT2D eigenvalue weighted by atomic mass is 10.1. The molecule has 2 N–H and O–H groups in total. The molecule has 1 fully saturated rings. The summed E-state index contributed by atoms with van der Waals surface area (Å²) in [5.74, 6) is 0.335. The summed E-state index contributed by atoms with van der Waals surface area (Å²) >= 11 is 0. The van der Waals surface area contributed by atoms with Gasteiger partial charge in [0.15, 0.2) is 0 Å². The van der Waals surface area contributed by atoms with Crippen LogP contribution in [0.2, 0.25) is 0 Å².